The van der Waals surface area contributed by atoms with E-state index in [4.69, 9.17) is 19.6 Å². The molecular weight excluding hydrogens is 452 g/mol. The van der Waals surface area contributed by atoms with Crippen LogP contribution in [0.2, 0.25) is 0 Å². The zero-order chi connectivity index (χ0) is 25.5. The van der Waals surface area contributed by atoms with E-state index in [2.05, 4.69) is 43.0 Å². The number of furan rings is 1. The highest BCUT2D eigenvalue weighted by atomic mass is 16.5. The first kappa shape index (κ1) is 25.3. The molecule has 6 heteroatoms. The lowest BCUT2D eigenvalue weighted by Gasteiger charge is -2.23. The summed E-state index contributed by atoms with van der Waals surface area (Å²) in [5, 5.41) is 1.01. The number of nitrogens with zero attached hydrogens (tertiary/aromatic N) is 1. The van der Waals surface area contributed by atoms with Crippen LogP contribution in [0.5, 0.6) is 5.75 Å². The molecule has 0 radical (unpaired) electrons. The summed E-state index contributed by atoms with van der Waals surface area (Å²) in [7, 11) is 0. The number of nitrogens with two attached hydrogens (primary N) is 1. The van der Waals surface area contributed by atoms with Crippen LogP contribution in [0, 0.1) is 0 Å². The molecule has 6 nitrogen and oxygen atoms in total. The first-order chi connectivity index (χ1) is 17.6. The van der Waals surface area contributed by atoms with Gasteiger partial charge < -0.3 is 24.5 Å². The second kappa shape index (κ2) is 11.8. The average molecular weight is 487 g/mol. The Labute approximate surface area is 212 Å². The second-order valence-electron chi connectivity index (χ2n) is 8.62. The number of hydrogen-bond donors (Lipinski definition) is 1. The van der Waals surface area contributed by atoms with Crippen molar-refractivity contribution in [1.29, 1.82) is 0 Å². The summed E-state index contributed by atoms with van der Waals surface area (Å²) in [6.07, 6.45) is 1.87. The molecule has 0 atom stereocenters. The molecule has 36 heavy (non-hydrogen) atoms. The highest BCUT2D eigenvalue weighted by Gasteiger charge is 2.15. The van der Waals surface area contributed by atoms with Gasteiger partial charge >= 0.3 is 5.97 Å². The number of ether oxygens (including phenoxy) is 2. The summed E-state index contributed by atoms with van der Waals surface area (Å²) in [4.78, 5) is 14.5. The van der Waals surface area contributed by atoms with E-state index in [0.717, 1.165) is 57.6 Å². The monoisotopic (exact) mass is 486 g/mol. The van der Waals surface area contributed by atoms with Crippen molar-refractivity contribution in [3.8, 4) is 16.9 Å². The van der Waals surface area contributed by atoms with E-state index in [9.17, 15) is 4.79 Å². The van der Waals surface area contributed by atoms with Crippen LogP contribution >= 0.6 is 0 Å². The fraction of sp³-hybridized carbons (Fsp3) is 0.300. The molecule has 2 N–H and O–H groups in total. The summed E-state index contributed by atoms with van der Waals surface area (Å²) in [6, 6.07) is 20.3. The molecule has 1 aromatic heterocycles. The minimum Gasteiger partial charge on any atom is -0.489 e. The van der Waals surface area contributed by atoms with E-state index >= 15 is 0 Å². The van der Waals surface area contributed by atoms with E-state index < -0.39 is 0 Å². The predicted octanol–water partition coefficient (Wildman–Crippen LogP) is 6.09. The largest absolute Gasteiger partial charge is 0.489 e. The predicted molar refractivity (Wildman–Crippen MR) is 144 cm³/mol. The zero-order valence-electron chi connectivity index (χ0n) is 21.3. The van der Waals surface area contributed by atoms with Crippen molar-refractivity contribution >= 4 is 22.6 Å². The number of fused-ring (bicyclic) bond motifs is 1. The number of carbonyl (C=O) groups excluding carboxylic acids is 1. The van der Waals surface area contributed by atoms with E-state index in [0.29, 0.717) is 25.5 Å². The zero-order valence-corrected chi connectivity index (χ0v) is 21.3. The Balaban J connectivity index is 1.67. The highest BCUT2D eigenvalue weighted by Crippen LogP contribution is 2.33. The number of hydrogen-bond acceptors (Lipinski definition) is 6. The van der Waals surface area contributed by atoms with Crippen LogP contribution in [0.4, 0.5) is 5.69 Å². The molecule has 0 aliphatic rings. The van der Waals surface area contributed by atoms with Crippen LogP contribution in [0.3, 0.4) is 0 Å². The van der Waals surface area contributed by atoms with Crippen molar-refractivity contribution in [2.24, 2.45) is 5.73 Å². The van der Waals surface area contributed by atoms with E-state index in [1.165, 1.54) is 0 Å². The molecule has 0 bridgehead atoms. The molecule has 0 unspecified atom stereocenters. The number of esters is 1. The van der Waals surface area contributed by atoms with Gasteiger partial charge in [0.1, 0.15) is 17.9 Å². The van der Waals surface area contributed by atoms with Gasteiger partial charge in [0.05, 0.1) is 19.3 Å². The van der Waals surface area contributed by atoms with Gasteiger partial charge in [-0.1, -0.05) is 24.3 Å². The lowest BCUT2D eigenvalue weighted by atomic mass is 9.99. The Hall–Kier alpha value is -3.77. The Morgan fingerprint density at radius 1 is 0.972 bits per heavy atom. The van der Waals surface area contributed by atoms with Crippen molar-refractivity contribution in [1.82, 2.24) is 0 Å². The van der Waals surface area contributed by atoms with Crippen LogP contribution in [-0.4, -0.2) is 25.7 Å². The number of carbonyl (C=O) groups is 1. The van der Waals surface area contributed by atoms with Crippen LogP contribution in [-0.2, 0) is 29.1 Å². The van der Waals surface area contributed by atoms with Gasteiger partial charge in [-0.05, 0) is 67.8 Å². The first-order valence-corrected chi connectivity index (χ1v) is 12.5. The molecule has 4 aromatic rings. The van der Waals surface area contributed by atoms with Crippen LogP contribution in [0.15, 0.2) is 71.3 Å². The molecule has 0 saturated heterocycles. The van der Waals surface area contributed by atoms with Gasteiger partial charge in [0, 0.05) is 47.9 Å². The second-order valence-corrected chi connectivity index (χ2v) is 8.62. The van der Waals surface area contributed by atoms with Crippen molar-refractivity contribution in [3.05, 3.63) is 83.6 Å². The Kier molecular flexibility index (Phi) is 8.28. The first-order valence-electron chi connectivity index (χ1n) is 12.5. The van der Waals surface area contributed by atoms with Crippen LogP contribution < -0.4 is 15.4 Å². The SMILES string of the molecule is CCOC(=O)Cc1ccc(N(CC)CC)cc1OCc1cc(-c2cccc(CN)c2)c2occc2c1. The quantitative estimate of drug-likeness (QED) is 0.259. The number of rotatable bonds is 11. The van der Waals surface area contributed by atoms with Gasteiger partial charge in [0.2, 0.25) is 0 Å². The van der Waals surface area contributed by atoms with E-state index in [-0.39, 0.29) is 12.4 Å². The lowest BCUT2D eigenvalue weighted by Crippen LogP contribution is -2.22. The van der Waals surface area contributed by atoms with E-state index in [1.54, 1.807) is 6.26 Å². The fourth-order valence-electron chi connectivity index (χ4n) is 4.45. The Morgan fingerprint density at radius 2 is 1.81 bits per heavy atom. The molecule has 0 aliphatic heterocycles. The third kappa shape index (κ3) is 5.71. The maximum absolute atomic E-state index is 12.2. The van der Waals surface area contributed by atoms with Gasteiger partial charge in [-0.2, -0.15) is 0 Å². The molecule has 0 fully saturated rings. The van der Waals surface area contributed by atoms with Gasteiger partial charge in [-0.25, -0.2) is 0 Å². The highest BCUT2D eigenvalue weighted by molar-refractivity contribution is 5.93. The minimum atomic E-state index is -0.264. The summed E-state index contributed by atoms with van der Waals surface area (Å²) < 4.78 is 17.4. The molecule has 188 valence electrons. The molecule has 3 aromatic carbocycles. The average Bonchev–Trinajstić information content (AvgIpc) is 3.37. The van der Waals surface area contributed by atoms with Gasteiger partial charge in [-0.3, -0.25) is 4.79 Å². The van der Waals surface area contributed by atoms with Gasteiger partial charge in [0.25, 0.3) is 0 Å². The van der Waals surface area contributed by atoms with Gasteiger partial charge in [-0.15, -0.1) is 0 Å². The Bertz CT molecular complexity index is 1320. The molecule has 0 saturated carbocycles. The van der Waals surface area contributed by atoms with Crippen molar-refractivity contribution in [2.75, 3.05) is 24.6 Å². The smallest absolute Gasteiger partial charge is 0.310 e. The van der Waals surface area contributed by atoms with Crippen molar-refractivity contribution < 1.29 is 18.7 Å². The normalized spacial score (nSPS) is 11.0. The molecule has 0 aliphatic carbocycles. The topological polar surface area (TPSA) is 77.9 Å². The molecule has 4 rings (SSSR count). The van der Waals surface area contributed by atoms with Crippen molar-refractivity contribution in [2.45, 2.75) is 40.3 Å². The van der Waals surface area contributed by atoms with E-state index in [1.807, 2.05) is 43.3 Å². The van der Waals surface area contributed by atoms with Crippen molar-refractivity contribution in [3.63, 3.8) is 0 Å². The third-order valence-electron chi connectivity index (χ3n) is 6.30. The van der Waals surface area contributed by atoms with Crippen LogP contribution in [0.25, 0.3) is 22.1 Å². The molecule has 0 spiro atoms. The number of anilines is 1. The molecular formula is C30H34N2O4. The Morgan fingerprint density at radius 3 is 2.56 bits per heavy atom. The molecule has 1 heterocycles. The summed E-state index contributed by atoms with van der Waals surface area (Å²) in [5.74, 6) is 0.422. The van der Waals surface area contributed by atoms with Crippen LogP contribution in [0.1, 0.15) is 37.5 Å². The fourth-order valence-corrected chi connectivity index (χ4v) is 4.45. The minimum absolute atomic E-state index is 0.166. The summed E-state index contributed by atoms with van der Waals surface area (Å²) in [6.45, 7) is 9.00. The maximum atomic E-state index is 12.2. The number of benzene rings is 3. The lowest BCUT2D eigenvalue weighted by molar-refractivity contribution is -0.142. The maximum Gasteiger partial charge on any atom is 0.310 e. The summed E-state index contributed by atoms with van der Waals surface area (Å²) in [5.41, 5.74) is 12.7. The molecule has 0 amide bonds. The van der Waals surface area contributed by atoms with Gasteiger partial charge in [0.15, 0.2) is 0 Å². The standard InChI is InChI=1S/C30H34N2O4/c1-4-32(5-2)26-11-10-24(17-29(33)34-6-3)28(18-26)36-20-22-15-25-12-13-35-30(25)27(16-22)23-9-7-8-21(14-23)19-31/h7-16,18H,4-6,17,19-20,31H2,1-3H3. The summed E-state index contributed by atoms with van der Waals surface area (Å²) >= 11 is 0. The third-order valence-corrected chi connectivity index (χ3v) is 6.30.